The summed E-state index contributed by atoms with van der Waals surface area (Å²) in [5.74, 6) is 0. The van der Waals surface area contributed by atoms with E-state index in [1.165, 1.54) is 5.56 Å². The molecule has 1 aromatic rings. The van der Waals surface area contributed by atoms with E-state index >= 15 is 0 Å². The summed E-state index contributed by atoms with van der Waals surface area (Å²) in [6.07, 6.45) is 1.01. The predicted molar refractivity (Wildman–Crippen MR) is 62.5 cm³/mol. The fourth-order valence-corrected chi connectivity index (χ4v) is 1.53. The van der Waals surface area contributed by atoms with Crippen molar-refractivity contribution in [2.24, 2.45) is 0 Å². The maximum atomic E-state index is 8.69. The van der Waals surface area contributed by atoms with Gasteiger partial charge in [0.05, 0.1) is 12.6 Å². The zero-order chi connectivity index (χ0) is 11.1. The summed E-state index contributed by atoms with van der Waals surface area (Å²) >= 11 is 0. The number of rotatable bonds is 5. The molecule has 0 aromatic heterocycles. The fraction of sp³-hybridized carbons (Fsp3) is 0.462. The highest BCUT2D eigenvalue weighted by Gasteiger charge is 2.07. The molecule has 0 radical (unpaired) electrons. The lowest BCUT2D eigenvalue weighted by atomic mass is 10.1. The highest BCUT2D eigenvalue weighted by Crippen LogP contribution is 2.03. The van der Waals surface area contributed by atoms with Gasteiger partial charge in [-0.3, -0.25) is 4.90 Å². The summed E-state index contributed by atoms with van der Waals surface area (Å²) < 4.78 is 0. The maximum Gasteiger partial charge on any atom is 0.0868 e. The Morgan fingerprint density at radius 1 is 1.27 bits per heavy atom. The van der Waals surface area contributed by atoms with Gasteiger partial charge in [0.25, 0.3) is 0 Å². The Kier molecular flexibility index (Phi) is 4.86. The molecule has 2 nitrogen and oxygen atoms in total. The van der Waals surface area contributed by atoms with E-state index in [2.05, 4.69) is 49.1 Å². The first kappa shape index (κ1) is 11.7. The molecule has 0 bridgehead atoms. The zero-order valence-electron chi connectivity index (χ0n) is 9.48. The molecule has 2 heteroatoms. The van der Waals surface area contributed by atoms with Gasteiger partial charge in [-0.15, -0.1) is 0 Å². The van der Waals surface area contributed by atoms with Crippen molar-refractivity contribution in [3.8, 4) is 6.07 Å². The number of nitriles is 1. The molecule has 1 rings (SSSR count). The smallest absolute Gasteiger partial charge is 0.0868 e. The number of hydrogen-bond donors (Lipinski definition) is 0. The Labute approximate surface area is 92.1 Å². The second-order valence-corrected chi connectivity index (χ2v) is 3.96. The summed E-state index contributed by atoms with van der Waals surface area (Å²) in [6, 6.07) is 13.0. The van der Waals surface area contributed by atoms with Crippen molar-refractivity contribution in [1.82, 2.24) is 4.90 Å². The maximum absolute atomic E-state index is 8.69. The van der Waals surface area contributed by atoms with E-state index in [1.54, 1.807) is 0 Å². The normalized spacial score (nSPS) is 10.6. The van der Waals surface area contributed by atoms with Gasteiger partial charge in [-0.2, -0.15) is 5.26 Å². The first-order chi connectivity index (χ1) is 7.24. The minimum absolute atomic E-state index is 0.438. The number of benzene rings is 1. The molecule has 0 amide bonds. The van der Waals surface area contributed by atoms with E-state index in [1.807, 2.05) is 6.07 Å². The summed E-state index contributed by atoms with van der Waals surface area (Å²) in [5, 5.41) is 8.69. The van der Waals surface area contributed by atoms with Crippen LogP contribution < -0.4 is 0 Å². The fourth-order valence-electron chi connectivity index (χ4n) is 1.53. The van der Waals surface area contributed by atoms with Gasteiger partial charge in [0, 0.05) is 12.6 Å². The largest absolute Gasteiger partial charge is 0.288 e. The van der Waals surface area contributed by atoms with Crippen molar-refractivity contribution < 1.29 is 0 Å². The van der Waals surface area contributed by atoms with Crippen LogP contribution in [0.25, 0.3) is 0 Å². The van der Waals surface area contributed by atoms with E-state index < -0.39 is 0 Å². The van der Waals surface area contributed by atoms with Crippen molar-refractivity contribution in [3.05, 3.63) is 35.9 Å². The van der Waals surface area contributed by atoms with Crippen molar-refractivity contribution in [2.75, 3.05) is 13.1 Å². The van der Waals surface area contributed by atoms with Gasteiger partial charge in [-0.05, 0) is 25.8 Å². The summed E-state index contributed by atoms with van der Waals surface area (Å²) in [6.45, 7) is 5.73. The van der Waals surface area contributed by atoms with Gasteiger partial charge >= 0.3 is 0 Å². The molecule has 1 aromatic carbocycles. The van der Waals surface area contributed by atoms with Crippen molar-refractivity contribution >= 4 is 0 Å². The van der Waals surface area contributed by atoms with E-state index in [0.717, 1.165) is 13.0 Å². The summed E-state index contributed by atoms with van der Waals surface area (Å²) in [5.41, 5.74) is 1.33. The number of hydrogen-bond acceptors (Lipinski definition) is 2. The molecule has 80 valence electrons. The third-order valence-corrected chi connectivity index (χ3v) is 2.53. The average molecular weight is 202 g/mol. The molecule has 0 aliphatic rings. The Morgan fingerprint density at radius 3 is 2.47 bits per heavy atom. The van der Waals surface area contributed by atoms with Gasteiger partial charge in [-0.25, -0.2) is 0 Å². The highest BCUT2D eigenvalue weighted by molar-refractivity contribution is 5.14. The highest BCUT2D eigenvalue weighted by atomic mass is 15.1. The molecule has 0 heterocycles. The molecule has 15 heavy (non-hydrogen) atoms. The molecule has 0 aliphatic carbocycles. The van der Waals surface area contributed by atoms with Gasteiger partial charge in [0.1, 0.15) is 0 Å². The second kappa shape index (κ2) is 6.21. The Morgan fingerprint density at radius 2 is 1.93 bits per heavy atom. The van der Waals surface area contributed by atoms with Gasteiger partial charge in [0.15, 0.2) is 0 Å². The molecule has 0 fully saturated rings. The predicted octanol–water partition coefficient (Wildman–Crippen LogP) is 2.46. The molecule has 0 unspecified atom stereocenters. The first-order valence-electron chi connectivity index (χ1n) is 5.39. The van der Waals surface area contributed by atoms with Gasteiger partial charge in [-0.1, -0.05) is 30.3 Å². The van der Waals surface area contributed by atoms with E-state index in [-0.39, 0.29) is 0 Å². The minimum Gasteiger partial charge on any atom is -0.288 e. The van der Waals surface area contributed by atoms with E-state index in [4.69, 9.17) is 5.26 Å². The van der Waals surface area contributed by atoms with Crippen LogP contribution in [0.2, 0.25) is 0 Å². The molecular weight excluding hydrogens is 184 g/mol. The lowest BCUT2D eigenvalue weighted by molar-refractivity contribution is 0.252. The van der Waals surface area contributed by atoms with Gasteiger partial charge in [0.2, 0.25) is 0 Å². The van der Waals surface area contributed by atoms with E-state index in [0.29, 0.717) is 12.6 Å². The Bertz CT molecular complexity index is 311. The molecular formula is C13H18N2. The van der Waals surface area contributed by atoms with E-state index in [9.17, 15) is 0 Å². The molecule has 0 aliphatic heterocycles. The molecule has 0 N–H and O–H groups in total. The van der Waals surface area contributed by atoms with Crippen LogP contribution in [-0.2, 0) is 6.42 Å². The van der Waals surface area contributed by atoms with Crippen molar-refractivity contribution in [3.63, 3.8) is 0 Å². The van der Waals surface area contributed by atoms with Crippen LogP contribution in [0, 0.1) is 11.3 Å². The molecule has 0 saturated carbocycles. The van der Waals surface area contributed by atoms with Crippen molar-refractivity contribution in [1.29, 1.82) is 5.26 Å². The quantitative estimate of drug-likeness (QED) is 0.686. The van der Waals surface area contributed by atoms with Crippen LogP contribution in [0.15, 0.2) is 30.3 Å². The standard InChI is InChI=1S/C13H18N2/c1-12(2)15(11-9-14)10-8-13-6-4-3-5-7-13/h3-7,12H,8,10-11H2,1-2H3. The van der Waals surface area contributed by atoms with Crippen LogP contribution in [0.4, 0.5) is 0 Å². The zero-order valence-corrected chi connectivity index (χ0v) is 9.48. The van der Waals surface area contributed by atoms with Crippen LogP contribution in [0.1, 0.15) is 19.4 Å². The lowest BCUT2D eigenvalue weighted by Gasteiger charge is -2.23. The van der Waals surface area contributed by atoms with Crippen LogP contribution >= 0.6 is 0 Å². The Balaban J connectivity index is 2.44. The summed E-state index contributed by atoms with van der Waals surface area (Å²) in [7, 11) is 0. The monoisotopic (exact) mass is 202 g/mol. The van der Waals surface area contributed by atoms with Crippen molar-refractivity contribution in [2.45, 2.75) is 26.3 Å². The second-order valence-electron chi connectivity index (χ2n) is 3.96. The molecule has 0 spiro atoms. The summed E-state index contributed by atoms with van der Waals surface area (Å²) in [4.78, 5) is 2.19. The van der Waals surface area contributed by atoms with Crippen LogP contribution in [0.5, 0.6) is 0 Å². The number of nitrogens with zero attached hydrogens (tertiary/aromatic N) is 2. The molecule has 0 atom stereocenters. The first-order valence-corrected chi connectivity index (χ1v) is 5.39. The SMILES string of the molecule is CC(C)N(CC#N)CCc1ccccc1. The van der Waals surface area contributed by atoms with Crippen LogP contribution in [-0.4, -0.2) is 24.0 Å². The molecule has 0 saturated heterocycles. The van der Waals surface area contributed by atoms with Crippen LogP contribution in [0.3, 0.4) is 0 Å². The van der Waals surface area contributed by atoms with Gasteiger partial charge < -0.3 is 0 Å². The average Bonchev–Trinajstić information content (AvgIpc) is 2.25. The topological polar surface area (TPSA) is 27.0 Å². The third kappa shape index (κ3) is 4.14. The minimum atomic E-state index is 0.438. The third-order valence-electron chi connectivity index (χ3n) is 2.53. The Hall–Kier alpha value is -1.33. The lowest BCUT2D eigenvalue weighted by Crippen LogP contribution is -2.33.